The summed E-state index contributed by atoms with van der Waals surface area (Å²) in [6.07, 6.45) is 0. The minimum atomic E-state index is -1.02. The zero-order valence-electron chi connectivity index (χ0n) is 14.9. The molecule has 3 amide bonds. The molecule has 0 aromatic heterocycles. The number of nitrogens with zero attached hydrogens (tertiary/aromatic N) is 2. The minimum absolute atomic E-state index is 0.123. The molecule has 0 spiro atoms. The molecule has 1 heterocycles. The SMILES string of the molecule is O=C(CN1CCN(c2ccc(F)c(F)c2)C1=O)Nc1cccc2ccccc12. The fourth-order valence-corrected chi connectivity index (χ4v) is 3.32. The summed E-state index contributed by atoms with van der Waals surface area (Å²) in [4.78, 5) is 27.7. The maximum absolute atomic E-state index is 13.4. The maximum atomic E-state index is 13.4. The average Bonchev–Trinajstić information content (AvgIpc) is 3.04. The van der Waals surface area contributed by atoms with Gasteiger partial charge >= 0.3 is 6.03 Å². The Bertz CT molecular complexity index is 1070. The Hall–Kier alpha value is -3.48. The van der Waals surface area contributed by atoms with Crippen molar-refractivity contribution in [2.75, 3.05) is 29.9 Å². The van der Waals surface area contributed by atoms with Gasteiger partial charge in [0.1, 0.15) is 6.54 Å². The highest BCUT2D eigenvalue weighted by atomic mass is 19.2. The second-order valence-corrected chi connectivity index (χ2v) is 6.53. The van der Waals surface area contributed by atoms with Gasteiger partial charge in [-0.1, -0.05) is 36.4 Å². The second-order valence-electron chi connectivity index (χ2n) is 6.53. The third kappa shape index (κ3) is 3.38. The lowest BCUT2D eigenvalue weighted by Crippen LogP contribution is -2.37. The third-order valence-electron chi connectivity index (χ3n) is 4.71. The van der Waals surface area contributed by atoms with E-state index in [1.54, 1.807) is 6.07 Å². The van der Waals surface area contributed by atoms with Crippen LogP contribution in [0.5, 0.6) is 0 Å². The van der Waals surface area contributed by atoms with Crippen molar-refractivity contribution in [1.29, 1.82) is 0 Å². The highest BCUT2D eigenvalue weighted by Crippen LogP contribution is 2.24. The summed E-state index contributed by atoms with van der Waals surface area (Å²) >= 11 is 0. The summed E-state index contributed by atoms with van der Waals surface area (Å²) in [5, 5.41) is 4.76. The lowest BCUT2D eigenvalue weighted by atomic mass is 10.1. The topological polar surface area (TPSA) is 52.7 Å². The molecule has 3 aromatic rings. The number of hydrogen-bond donors (Lipinski definition) is 1. The van der Waals surface area contributed by atoms with Crippen LogP contribution >= 0.6 is 0 Å². The molecular weight excluding hydrogens is 364 g/mol. The monoisotopic (exact) mass is 381 g/mol. The molecule has 3 aromatic carbocycles. The van der Waals surface area contributed by atoms with E-state index in [1.165, 1.54) is 15.9 Å². The lowest BCUT2D eigenvalue weighted by molar-refractivity contribution is -0.116. The number of halogens is 2. The molecule has 0 radical (unpaired) electrons. The van der Waals surface area contributed by atoms with E-state index in [0.717, 1.165) is 22.9 Å². The molecule has 0 atom stereocenters. The highest BCUT2D eigenvalue weighted by molar-refractivity contribution is 6.04. The first-order valence-corrected chi connectivity index (χ1v) is 8.82. The van der Waals surface area contributed by atoms with Gasteiger partial charge in [-0.15, -0.1) is 0 Å². The van der Waals surface area contributed by atoms with E-state index in [9.17, 15) is 18.4 Å². The van der Waals surface area contributed by atoms with Crippen molar-refractivity contribution in [3.8, 4) is 0 Å². The number of anilines is 2. The average molecular weight is 381 g/mol. The molecule has 0 unspecified atom stereocenters. The van der Waals surface area contributed by atoms with Crippen LogP contribution in [0.4, 0.5) is 25.0 Å². The van der Waals surface area contributed by atoms with Crippen LogP contribution in [0.2, 0.25) is 0 Å². The van der Waals surface area contributed by atoms with E-state index in [4.69, 9.17) is 0 Å². The van der Waals surface area contributed by atoms with Crippen LogP contribution in [0.25, 0.3) is 10.8 Å². The summed E-state index contributed by atoms with van der Waals surface area (Å²) < 4.78 is 26.6. The summed E-state index contributed by atoms with van der Waals surface area (Å²) in [7, 11) is 0. The maximum Gasteiger partial charge on any atom is 0.325 e. The summed E-state index contributed by atoms with van der Waals surface area (Å²) in [6, 6.07) is 16.2. The number of fused-ring (bicyclic) bond motifs is 1. The molecule has 0 saturated carbocycles. The van der Waals surface area contributed by atoms with Gasteiger partial charge in [0, 0.05) is 35.9 Å². The van der Waals surface area contributed by atoms with Gasteiger partial charge < -0.3 is 10.2 Å². The van der Waals surface area contributed by atoms with Gasteiger partial charge in [-0.3, -0.25) is 9.69 Å². The van der Waals surface area contributed by atoms with Crippen LogP contribution in [0.1, 0.15) is 0 Å². The van der Waals surface area contributed by atoms with E-state index in [0.29, 0.717) is 18.8 Å². The number of amides is 3. The van der Waals surface area contributed by atoms with Gasteiger partial charge in [-0.25, -0.2) is 13.6 Å². The van der Waals surface area contributed by atoms with E-state index in [1.807, 2.05) is 36.4 Å². The van der Waals surface area contributed by atoms with Crippen molar-refractivity contribution in [1.82, 2.24) is 4.90 Å². The van der Waals surface area contributed by atoms with Crippen molar-refractivity contribution in [2.24, 2.45) is 0 Å². The van der Waals surface area contributed by atoms with Crippen molar-refractivity contribution in [2.45, 2.75) is 0 Å². The van der Waals surface area contributed by atoms with Crippen LogP contribution in [0.3, 0.4) is 0 Å². The predicted octanol–water partition coefficient (Wildman–Crippen LogP) is 4.00. The van der Waals surface area contributed by atoms with Crippen LogP contribution in [-0.4, -0.2) is 36.5 Å². The van der Waals surface area contributed by atoms with Crippen LogP contribution < -0.4 is 10.2 Å². The van der Waals surface area contributed by atoms with Gasteiger partial charge in [0.15, 0.2) is 11.6 Å². The Morgan fingerprint density at radius 1 is 0.964 bits per heavy atom. The fraction of sp³-hybridized carbons (Fsp3) is 0.143. The van der Waals surface area contributed by atoms with Gasteiger partial charge in [-0.05, 0) is 23.6 Å². The second kappa shape index (κ2) is 7.26. The van der Waals surface area contributed by atoms with E-state index < -0.39 is 17.7 Å². The van der Waals surface area contributed by atoms with Gasteiger partial charge in [0.2, 0.25) is 5.91 Å². The van der Waals surface area contributed by atoms with E-state index in [-0.39, 0.29) is 18.1 Å². The standard InChI is InChI=1S/C21H17F2N3O2/c22-17-9-8-15(12-18(17)23)26-11-10-25(21(26)28)13-20(27)24-19-7-3-5-14-4-1-2-6-16(14)19/h1-9,12H,10-11,13H2,(H,24,27). The molecule has 0 aliphatic carbocycles. The molecule has 5 nitrogen and oxygen atoms in total. The summed E-state index contributed by atoms with van der Waals surface area (Å²) in [6.45, 7) is 0.495. The first-order chi connectivity index (χ1) is 13.5. The van der Waals surface area contributed by atoms with Gasteiger partial charge in [0.25, 0.3) is 0 Å². The largest absolute Gasteiger partial charge is 0.325 e. The van der Waals surface area contributed by atoms with Crippen molar-refractivity contribution < 1.29 is 18.4 Å². The molecule has 142 valence electrons. The normalized spacial score (nSPS) is 14.0. The molecular formula is C21H17F2N3O2. The molecule has 0 bridgehead atoms. The van der Waals surface area contributed by atoms with Crippen LogP contribution in [0.15, 0.2) is 60.7 Å². The fourth-order valence-electron chi connectivity index (χ4n) is 3.32. The van der Waals surface area contributed by atoms with Crippen LogP contribution in [0, 0.1) is 11.6 Å². The third-order valence-corrected chi connectivity index (χ3v) is 4.71. The molecule has 1 saturated heterocycles. The number of urea groups is 1. The minimum Gasteiger partial charge on any atom is -0.324 e. The van der Waals surface area contributed by atoms with E-state index >= 15 is 0 Å². The molecule has 1 aliphatic heterocycles. The summed E-state index contributed by atoms with van der Waals surface area (Å²) in [5.41, 5.74) is 0.938. The molecule has 1 fully saturated rings. The molecule has 1 aliphatic rings. The number of rotatable bonds is 4. The number of carbonyl (C=O) groups is 2. The lowest BCUT2D eigenvalue weighted by Gasteiger charge is -2.19. The quantitative estimate of drug-likeness (QED) is 0.743. The Kier molecular flexibility index (Phi) is 4.65. The van der Waals surface area contributed by atoms with Gasteiger partial charge in [-0.2, -0.15) is 0 Å². The first-order valence-electron chi connectivity index (χ1n) is 8.82. The number of benzene rings is 3. The predicted molar refractivity (Wildman–Crippen MR) is 103 cm³/mol. The Morgan fingerprint density at radius 3 is 2.57 bits per heavy atom. The summed E-state index contributed by atoms with van der Waals surface area (Å²) in [5.74, 6) is -2.31. The Balaban J connectivity index is 1.45. The molecule has 7 heteroatoms. The Labute approximate surface area is 160 Å². The molecule has 4 rings (SSSR count). The number of nitrogens with one attached hydrogen (secondary N) is 1. The Morgan fingerprint density at radius 2 is 1.75 bits per heavy atom. The van der Waals surface area contributed by atoms with Crippen molar-refractivity contribution >= 4 is 34.1 Å². The van der Waals surface area contributed by atoms with E-state index in [2.05, 4.69) is 5.32 Å². The molecule has 28 heavy (non-hydrogen) atoms. The van der Waals surface area contributed by atoms with Crippen molar-refractivity contribution in [3.63, 3.8) is 0 Å². The van der Waals surface area contributed by atoms with Crippen LogP contribution in [-0.2, 0) is 4.79 Å². The van der Waals surface area contributed by atoms with Crippen molar-refractivity contribution in [3.05, 3.63) is 72.3 Å². The number of hydrogen-bond acceptors (Lipinski definition) is 2. The van der Waals surface area contributed by atoms with Gasteiger partial charge in [0.05, 0.1) is 0 Å². The zero-order chi connectivity index (χ0) is 19.7. The highest BCUT2D eigenvalue weighted by Gasteiger charge is 2.31. The zero-order valence-corrected chi connectivity index (χ0v) is 14.9. The first kappa shape index (κ1) is 17.9. The molecule has 1 N–H and O–H groups in total. The number of carbonyl (C=O) groups excluding carboxylic acids is 2. The smallest absolute Gasteiger partial charge is 0.324 e.